The number of benzene rings is 2. The fourth-order valence-electron chi connectivity index (χ4n) is 2.73. The summed E-state index contributed by atoms with van der Waals surface area (Å²) >= 11 is 3.28. The maximum atomic E-state index is 14.1. The van der Waals surface area contributed by atoms with Crippen molar-refractivity contribution in [2.75, 3.05) is 5.32 Å². The molecule has 3 rings (SSSR count). The molecule has 0 saturated heterocycles. The first kappa shape index (κ1) is 14.4. The first-order chi connectivity index (χ1) is 9.94. The Bertz CT molecular complexity index is 672. The van der Waals surface area contributed by atoms with Crippen LogP contribution in [0.5, 0.6) is 5.75 Å². The third-order valence-corrected chi connectivity index (χ3v) is 4.13. The molecule has 0 radical (unpaired) electrons. The van der Waals surface area contributed by atoms with E-state index in [1.807, 2.05) is 30.3 Å². The summed E-state index contributed by atoms with van der Waals surface area (Å²) in [6.07, 6.45) is 0.777. The van der Waals surface area contributed by atoms with Crippen molar-refractivity contribution in [2.45, 2.75) is 31.9 Å². The van der Waals surface area contributed by atoms with Gasteiger partial charge in [0, 0.05) is 16.5 Å². The molecule has 0 fully saturated rings. The molecule has 1 aliphatic rings. The van der Waals surface area contributed by atoms with Crippen molar-refractivity contribution in [2.24, 2.45) is 0 Å². The highest BCUT2D eigenvalue weighted by molar-refractivity contribution is 9.10. The Morgan fingerprint density at radius 1 is 1.24 bits per heavy atom. The number of nitrogens with one attached hydrogen (secondary N) is 1. The van der Waals surface area contributed by atoms with Crippen LogP contribution in [0.4, 0.5) is 10.1 Å². The van der Waals surface area contributed by atoms with Gasteiger partial charge in [-0.05, 0) is 38.1 Å². The molecule has 1 aliphatic heterocycles. The average Bonchev–Trinajstić information content (AvgIpc) is 2.40. The van der Waals surface area contributed by atoms with Crippen molar-refractivity contribution < 1.29 is 9.13 Å². The molecule has 0 aromatic heterocycles. The zero-order valence-electron chi connectivity index (χ0n) is 12.0. The van der Waals surface area contributed by atoms with Crippen LogP contribution in [0, 0.1) is 5.82 Å². The van der Waals surface area contributed by atoms with Crippen LogP contribution in [-0.2, 0) is 0 Å². The molecule has 2 aromatic carbocycles. The number of para-hydroxylation sites is 1. The maximum Gasteiger partial charge on any atom is 0.147 e. The number of halogens is 2. The largest absolute Gasteiger partial charge is 0.487 e. The smallest absolute Gasteiger partial charge is 0.147 e. The molecule has 4 heteroatoms. The van der Waals surface area contributed by atoms with E-state index in [2.05, 4.69) is 35.1 Å². The first-order valence-electron chi connectivity index (χ1n) is 6.94. The zero-order valence-corrected chi connectivity index (χ0v) is 13.6. The molecule has 0 saturated carbocycles. The van der Waals surface area contributed by atoms with E-state index in [-0.39, 0.29) is 17.5 Å². The number of hydrogen-bond donors (Lipinski definition) is 1. The van der Waals surface area contributed by atoms with Crippen molar-refractivity contribution in [1.29, 1.82) is 0 Å². The number of fused-ring (bicyclic) bond motifs is 1. The van der Waals surface area contributed by atoms with E-state index < -0.39 is 0 Å². The summed E-state index contributed by atoms with van der Waals surface area (Å²) in [5.74, 6) is 0.606. The first-order valence-corrected chi connectivity index (χ1v) is 7.73. The van der Waals surface area contributed by atoms with Gasteiger partial charge in [0.25, 0.3) is 0 Å². The van der Waals surface area contributed by atoms with Gasteiger partial charge in [0.15, 0.2) is 0 Å². The predicted molar refractivity (Wildman–Crippen MR) is 86.2 cm³/mol. The Labute approximate surface area is 132 Å². The summed E-state index contributed by atoms with van der Waals surface area (Å²) in [7, 11) is 0. The Kier molecular flexibility index (Phi) is 3.66. The predicted octanol–water partition coefficient (Wildman–Crippen LogP) is 5.30. The van der Waals surface area contributed by atoms with Crippen molar-refractivity contribution in [3.05, 3.63) is 58.3 Å². The number of ether oxygens (including phenoxy) is 1. The van der Waals surface area contributed by atoms with Crippen LogP contribution >= 0.6 is 15.9 Å². The SMILES string of the molecule is CC1(C)CC(Nc2ccc(Br)cc2F)c2ccccc2O1. The molecule has 2 nitrogen and oxygen atoms in total. The van der Waals surface area contributed by atoms with Crippen LogP contribution in [0.25, 0.3) is 0 Å². The van der Waals surface area contributed by atoms with Gasteiger partial charge in [-0.3, -0.25) is 0 Å². The second kappa shape index (κ2) is 5.34. The number of anilines is 1. The molecule has 1 atom stereocenters. The normalized spacial score (nSPS) is 19.5. The lowest BCUT2D eigenvalue weighted by molar-refractivity contribution is 0.0758. The van der Waals surface area contributed by atoms with Crippen LogP contribution in [-0.4, -0.2) is 5.60 Å². The summed E-state index contributed by atoms with van der Waals surface area (Å²) in [5.41, 5.74) is 1.30. The van der Waals surface area contributed by atoms with E-state index in [1.54, 1.807) is 6.07 Å². The Balaban J connectivity index is 1.94. The van der Waals surface area contributed by atoms with Crippen LogP contribution in [0.1, 0.15) is 31.9 Å². The highest BCUT2D eigenvalue weighted by Crippen LogP contribution is 2.41. The molecule has 1 N–H and O–H groups in total. The standard InChI is InChI=1S/C17H17BrFNO/c1-17(2)10-15(12-5-3-4-6-16(12)21-17)20-14-8-7-11(18)9-13(14)19/h3-9,15,20H,10H2,1-2H3. The van der Waals surface area contributed by atoms with Crippen molar-refractivity contribution >= 4 is 21.6 Å². The van der Waals surface area contributed by atoms with Crippen molar-refractivity contribution in [3.63, 3.8) is 0 Å². The Hall–Kier alpha value is -1.55. The number of rotatable bonds is 2. The van der Waals surface area contributed by atoms with Crippen LogP contribution in [0.15, 0.2) is 46.9 Å². The summed E-state index contributed by atoms with van der Waals surface area (Å²) in [6.45, 7) is 4.10. The van der Waals surface area contributed by atoms with Crippen molar-refractivity contribution in [1.82, 2.24) is 0 Å². The Morgan fingerprint density at radius 2 is 2.00 bits per heavy atom. The molecule has 0 aliphatic carbocycles. The second-order valence-electron chi connectivity index (χ2n) is 5.92. The average molecular weight is 350 g/mol. The minimum absolute atomic E-state index is 0.0284. The quantitative estimate of drug-likeness (QED) is 0.793. The summed E-state index contributed by atoms with van der Waals surface area (Å²) in [6, 6.07) is 13.0. The van der Waals surface area contributed by atoms with Gasteiger partial charge in [0.1, 0.15) is 17.2 Å². The minimum atomic E-state index is -0.280. The van der Waals surface area contributed by atoms with Gasteiger partial charge in [0.2, 0.25) is 0 Å². The Morgan fingerprint density at radius 3 is 2.76 bits per heavy atom. The van der Waals surface area contributed by atoms with E-state index in [0.29, 0.717) is 5.69 Å². The molecular weight excluding hydrogens is 333 g/mol. The fraction of sp³-hybridized carbons (Fsp3) is 0.294. The van der Waals surface area contributed by atoms with Gasteiger partial charge in [-0.2, -0.15) is 0 Å². The summed E-state index contributed by atoms with van der Waals surface area (Å²) in [4.78, 5) is 0. The molecule has 0 bridgehead atoms. The van der Waals surface area contributed by atoms with E-state index in [1.165, 1.54) is 6.07 Å². The van der Waals surface area contributed by atoms with Gasteiger partial charge in [-0.25, -0.2) is 4.39 Å². The lowest BCUT2D eigenvalue weighted by atomic mass is 9.89. The van der Waals surface area contributed by atoms with Gasteiger partial charge in [-0.1, -0.05) is 34.1 Å². The third kappa shape index (κ3) is 3.05. The van der Waals surface area contributed by atoms with Gasteiger partial charge in [0.05, 0.1) is 11.7 Å². The fourth-order valence-corrected chi connectivity index (χ4v) is 3.06. The molecule has 1 unspecified atom stereocenters. The van der Waals surface area contributed by atoms with Crippen LogP contribution in [0.2, 0.25) is 0 Å². The molecule has 1 heterocycles. The maximum absolute atomic E-state index is 14.1. The van der Waals surface area contributed by atoms with Crippen molar-refractivity contribution in [3.8, 4) is 5.75 Å². The molecular formula is C17H17BrFNO. The van der Waals surface area contributed by atoms with Crippen LogP contribution in [0.3, 0.4) is 0 Å². The van der Waals surface area contributed by atoms with E-state index in [4.69, 9.17) is 4.74 Å². The third-order valence-electron chi connectivity index (χ3n) is 3.64. The van der Waals surface area contributed by atoms with E-state index in [0.717, 1.165) is 22.2 Å². The zero-order chi connectivity index (χ0) is 15.0. The lowest BCUT2D eigenvalue weighted by Gasteiger charge is -2.38. The topological polar surface area (TPSA) is 21.3 Å². The molecule has 110 valence electrons. The molecule has 0 spiro atoms. The van der Waals surface area contributed by atoms with Gasteiger partial charge in [-0.15, -0.1) is 0 Å². The minimum Gasteiger partial charge on any atom is -0.487 e. The molecule has 21 heavy (non-hydrogen) atoms. The van der Waals surface area contributed by atoms with Gasteiger partial charge >= 0.3 is 0 Å². The monoisotopic (exact) mass is 349 g/mol. The van der Waals surface area contributed by atoms with Crippen LogP contribution < -0.4 is 10.1 Å². The summed E-state index contributed by atoms with van der Waals surface area (Å²) in [5, 5.41) is 3.31. The lowest BCUT2D eigenvalue weighted by Crippen LogP contribution is -2.37. The van der Waals surface area contributed by atoms with E-state index >= 15 is 0 Å². The van der Waals surface area contributed by atoms with Gasteiger partial charge < -0.3 is 10.1 Å². The highest BCUT2D eigenvalue weighted by Gasteiger charge is 2.33. The molecule has 2 aromatic rings. The second-order valence-corrected chi connectivity index (χ2v) is 6.84. The van der Waals surface area contributed by atoms with E-state index in [9.17, 15) is 4.39 Å². The molecule has 0 amide bonds. The summed E-state index contributed by atoms with van der Waals surface area (Å²) < 4.78 is 20.8. The number of hydrogen-bond acceptors (Lipinski definition) is 2. The highest BCUT2D eigenvalue weighted by atomic mass is 79.9.